The van der Waals surface area contributed by atoms with Crippen LogP contribution in [0.2, 0.25) is 5.02 Å². The first-order chi connectivity index (χ1) is 15.4. The summed E-state index contributed by atoms with van der Waals surface area (Å²) < 4.78 is 11.1. The molecule has 0 aromatic heterocycles. The van der Waals surface area contributed by atoms with Gasteiger partial charge in [-0.05, 0) is 60.5 Å². The molecule has 0 unspecified atom stereocenters. The van der Waals surface area contributed by atoms with Crippen LogP contribution in [0.25, 0.3) is 0 Å². The third kappa shape index (κ3) is 4.86. The number of halogens is 1. The summed E-state index contributed by atoms with van der Waals surface area (Å²) in [6.45, 7) is 3.27. The third-order valence-corrected chi connectivity index (χ3v) is 5.47. The molecule has 0 aliphatic carbocycles. The Morgan fingerprint density at radius 3 is 2.38 bits per heavy atom. The molecular formula is C25H23ClN2O4. The highest BCUT2D eigenvalue weighted by Crippen LogP contribution is 2.31. The van der Waals surface area contributed by atoms with Gasteiger partial charge in [0.05, 0.1) is 0 Å². The molecule has 1 N–H and O–H groups in total. The highest BCUT2D eigenvalue weighted by atomic mass is 35.5. The minimum atomic E-state index is -0.288. The number of rotatable bonds is 5. The number of hydrogen-bond acceptors (Lipinski definition) is 4. The van der Waals surface area contributed by atoms with Crippen molar-refractivity contribution in [2.45, 2.75) is 13.5 Å². The van der Waals surface area contributed by atoms with Crippen LogP contribution in [0.1, 0.15) is 31.8 Å². The average molecular weight is 451 g/mol. The van der Waals surface area contributed by atoms with Gasteiger partial charge in [0.1, 0.15) is 13.2 Å². The van der Waals surface area contributed by atoms with E-state index >= 15 is 0 Å². The van der Waals surface area contributed by atoms with Gasteiger partial charge in [0.2, 0.25) is 0 Å². The van der Waals surface area contributed by atoms with E-state index in [0.717, 1.165) is 11.1 Å². The van der Waals surface area contributed by atoms with Crippen molar-refractivity contribution in [3.63, 3.8) is 0 Å². The predicted molar refractivity (Wildman–Crippen MR) is 124 cm³/mol. The normalized spacial score (nSPS) is 12.2. The van der Waals surface area contributed by atoms with Crippen LogP contribution in [-0.2, 0) is 6.54 Å². The van der Waals surface area contributed by atoms with E-state index < -0.39 is 0 Å². The number of carbonyl (C=O) groups is 2. The second-order valence-electron chi connectivity index (χ2n) is 7.63. The minimum absolute atomic E-state index is 0.144. The summed E-state index contributed by atoms with van der Waals surface area (Å²) in [4.78, 5) is 27.4. The lowest BCUT2D eigenvalue weighted by molar-refractivity contribution is 0.0784. The molecule has 0 bridgehead atoms. The Morgan fingerprint density at radius 2 is 1.62 bits per heavy atom. The van der Waals surface area contributed by atoms with Gasteiger partial charge in [0.15, 0.2) is 11.5 Å². The highest BCUT2D eigenvalue weighted by Gasteiger charge is 2.17. The zero-order valence-corrected chi connectivity index (χ0v) is 18.6. The molecule has 0 saturated heterocycles. The molecule has 2 amide bonds. The van der Waals surface area contributed by atoms with Gasteiger partial charge < -0.3 is 19.7 Å². The summed E-state index contributed by atoms with van der Waals surface area (Å²) in [5.41, 5.74) is 3.35. The maximum Gasteiger partial charge on any atom is 0.255 e. The first-order valence-corrected chi connectivity index (χ1v) is 10.6. The number of aryl methyl sites for hydroxylation is 1. The van der Waals surface area contributed by atoms with Crippen molar-refractivity contribution in [2.75, 3.05) is 25.6 Å². The number of amides is 2. The van der Waals surface area contributed by atoms with Crippen LogP contribution in [0.3, 0.4) is 0 Å². The number of nitrogens with zero attached hydrogens (tertiary/aromatic N) is 1. The van der Waals surface area contributed by atoms with E-state index in [1.54, 1.807) is 54.4 Å². The number of fused-ring (bicyclic) bond motifs is 1. The Balaban J connectivity index is 1.49. The summed E-state index contributed by atoms with van der Waals surface area (Å²) in [5.74, 6) is 0.743. The van der Waals surface area contributed by atoms with Crippen molar-refractivity contribution in [3.05, 3.63) is 87.9 Å². The van der Waals surface area contributed by atoms with E-state index in [1.165, 1.54) is 0 Å². The topological polar surface area (TPSA) is 67.9 Å². The fraction of sp³-hybridized carbons (Fsp3) is 0.200. The SMILES string of the molecule is Cc1ccc(C(=O)N(C)Cc2ccc(Cl)cc2)cc1NC(=O)c1ccc2c(c1)OCCO2. The van der Waals surface area contributed by atoms with Crippen LogP contribution in [0.4, 0.5) is 5.69 Å². The molecule has 0 radical (unpaired) electrons. The van der Waals surface area contributed by atoms with Crippen molar-refractivity contribution >= 4 is 29.1 Å². The van der Waals surface area contributed by atoms with Gasteiger partial charge in [0.25, 0.3) is 11.8 Å². The molecule has 3 aromatic carbocycles. The molecule has 1 aliphatic heterocycles. The monoisotopic (exact) mass is 450 g/mol. The van der Waals surface area contributed by atoms with E-state index in [4.69, 9.17) is 21.1 Å². The fourth-order valence-electron chi connectivity index (χ4n) is 3.42. The van der Waals surface area contributed by atoms with Gasteiger partial charge in [-0.25, -0.2) is 0 Å². The highest BCUT2D eigenvalue weighted by molar-refractivity contribution is 6.30. The molecule has 6 nitrogen and oxygen atoms in total. The molecule has 7 heteroatoms. The van der Waals surface area contributed by atoms with Gasteiger partial charge in [-0.15, -0.1) is 0 Å². The Morgan fingerprint density at radius 1 is 0.938 bits per heavy atom. The maximum absolute atomic E-state index is 13.0. The summed E-state index contributed by atoms with van der Waals surface area (Å²) in [6.07, 6.45) is 0. The molecule has 0 saturated carbocycles. The van der Waals surface area contributed by atoms with Crippen LogP contribution >= 0.6 is 11.6 Å². The van der Waals surface area contributed by atoms with Crippen LogP contribution in [-0.4, -0.2) is 37.0 Å². The van der Waals surface area contributed by atoms with Crippen molar-refractivity contribution in [3.8, 4) is 11.5 Å². The van der Waals surface area contributed by atoms with Crippen LogP contribution in [0, 0.1) is 6.92 Å². The third-order valence-electron chi connectivity index (χ3n) is 5.22. The Kier molecular flexibility index (Phi) is 6.32. The van der Waals surface area contributed by atoms with Crippen LogP contribution in [0.15, 0.2) is 60.7 Å². The lowest BCUT2D eigenvalue weighted by Gasteiger charge is -2.19. The number of anilines is 1. The molecule has 32 heavy (non-hydrogen) atoms. The largest absolute Gasteiger partial charge is 0.486 e. The quantitative estimate of drug-likeness (QED) is 0.597. The molecular weight excluding hydrogens is 428 g/mol. The lowest BCUT2D eigenvalue weighted by atomic mass is 10.1. The number of carbonyl (C=O) groups excluding carboxylic acids is 2. The van der Waals surface area contributed by atoms with Gasteiger partial charge in [0, 0.05) is 35.4 Å². The summed E-state index contributed by atoms with van der Waals surface area (Å²) in [7, 11) is 1.74. The van der Waals surface area contributed by atoms with E-state index in [-0.39, 0.29) is 11.8 Å². The molecule has 1 heterocycles. The van der Waals surface area contributed by atoms with Crippen molar-refractivity contribution < 1.29 is 19.1 Å². The molecule has 0 fully saturated rings. The Bertz CT molecular complexity index is 1160. The first-order valence-electron chi connectivity index (χ1n) is 10.2. The average Bonchev–Trinajstić information content (AvgIpc) is 2.81. The molecule has 4 rings (SSSR count). The van der Waals surface area contributed by atoms with Crippen LogP contribution in [0.5, 0.6) is 11.5 Å². The van der Waals surface area contributed by atoms with Gasteiger partial charge in [-0.1, -0.05) is 29.8 Å². The standard InChI is InChI=1S/C25H23ClN2O4/c1-16-3-6-19(25(30)28(2)15-17-4-8-20(26)9-5-17)13-21(16)27-24(29)18-7-10-22-23(14-18)32-12-11-31-22/h3-10,13-14H,11-12,15H2,1-2H3,(H,27,29). The van der Waals surface area contributed by atoms with Crippen molar-refractivity contribution in [2.24, 2.45) is 0 Å². The van der Waals surface area contributed by atoms with E-state index in [9.17, 15) is 9.59 Å². The van der Waals surface area contributed by atoms with Crippen molar-refractivity contribution in [1.29, 1.82) is 0 Å². The van der Waals surface area contributed by atoms with Gasteiger partial charge in [-0.3, -0.25) is 9.59 Å². The Labute approximate surface area is 191 Å². The molecule has 1 aliphatic rings. The maximum atomic E-state index is 13.0. The summed E-state index contributed by atoms with van der Waals surface area (Å²) >= 11 is 5.93. The fourth-order valence-corrected chi connectivity index (χ4v) is 3.55. The van der Waals surface area contributed by atoms with Gasteiger partial charge in [-0.2, -0.15) is 0 Å². The smallest absolute Gasteiger partial charge is 0.255 e. The van der Waals surface area contributed by atoms with E-state index in [0.29, 0.717) is 53.1 Å². The second-order valence-corrected chi connectivity index (χ2v) is 8.07. The zero-order chi connectivity index (χ0) is 22.7. The molecule has 3 aromatic rings. The number of ether oxygens (including phenoxy) is 2. The van der Waals surface area contributed by atoms with Gasteiger partial charge >= 0.3 is 0 Å². The van der Waals surface area contributed by atoms with Crippen LogP contribution < -0.4 is 14.8 Å². The Hall–Kier alpha value is -3.51. The lowest BCUT2D eigenvalue weighted by Crippen LogP contribution is -2.26. The molecule has 164 valence electrons. The van der Waals surface area contributed by atoms with E-state index in [2.05, 4.69) is 5.32 Å². The summed E-state index contributed by atoms with van der Waals surface area (Å²) in [6, 6.07) is 17.7. The van der Waals surface area contributed by atoms with Crippen molar-refractivity contribution in [1.82, 2.24) is 4.90 Å². The first kappa shape index (κ1) is 21.7. The minimum Gasteiger partial charge on any atom is -0.486 e. The summed E-state index contributed by atoms with van der Waals surface area (Å²) in [5, 5.41) is 3.56. The number of nitrogens with one attached hydrogen (secondary N) is 1. The van der Waals surface area contributed by atoms with E-state index in [1.807, 2.05) is 25.1 Å². The zero-order valence-electron chi connectivity index (χ0n) is 17.9. The number of hydrogen-bond donors (Lipinski definition) is 1. The molecule has 0 spiro atoms. The second kappa shape index (κ2) is 9.32. The number of benzene rings is 3. The molecule has 0 atom stereocenters. The predicted octanol–water partition coefficient (Wildman–Crippen LogP) is 4.94.